The second-order valence-electron chi connectivity index (χ2n) is 6.88. The average Bonchev–Trinajstić information content (AvgIpc) is 3.24. The molecule has 1 fully saturated rings. The lowest BCUT2D eigenvalue weighted by atomic mass is 10.0. The van der Waals surface area contributed by atoms with Crippen LogP contribution >= 0.6 is 24.0 Å². The Morgan fingerprint density at radius 2 is 1.88 bits per heavy atom. The van der Waals surface area contributed by atoms with Gasteiger partial charge in [-0.1, -0.05) is 25.7 Å². The second-order valence-corrected chi connectivity index (χ2v) is 6.88. The van der Waals surface area contributed by atoms with Crippen LogP contribution in [0.15, 0.2) is 4.99 Å². The van der Waals surface area contributed by atoms with Crippen molar-refractivity contribution in [3.63, 3.8) is 0 Å². The lowest BCUT2D eigenvalue weighted by molar-refractivity contribution is 0.195. The molecule has 0 aliphatic heterocycles. The molecule has 2 rings (SSSR count). The van der Waals surface area contributed by atoms with Crippen molar-refractivity contribution in [2.24, 2.45) is 18.0 Å². The minimum atomic E-state index is 0. The fourth-order valence-electron chi connectivity index (χ4n) is 3.23. The van der Waals surface area contributed by atoms with E-state index in [0.717, 1.165) is 49.6 Å². The van der Waals surface area contributed by atoms with Gasteiger partial charge in [-0.05, 0) is 32.1 Å². The van der Waals surface area contributed by atoms with Gasteiger partial charge in [0.25, 0.3) is 0 Å². The minimum Gasteiger partial charge on any atom is -0.385 e. The van der Waals surface area contributed by atoms with Crippen LogP contribution in [-0.2, 0) is 18.3 Å². The number of hydrogen-bond acceptors (Lipinski definition) is 4. The molecular weight excluding hydrogens is 443 g/mol. The Bertz CT molecular complexity index is 528. The number of nitrogens with one attached hydrogen (secondary N) is 2. The first-order valence-corrected chi connectivity index (χ1v) is 9.56. The Labute approximate surface area is 174 Å². The first-order valence-electron chi connectivity index (χ1n) is 9.56. The molecule has 0 spiro atoms. The van der Waals surface area contributed by atoms with Crippen LogP contribution in [0.4, 0.5) is 0 Å². The highest BCUT2D eigenvalue weighted by atomic mass is 127. The Hall–Kier alpha value is -0.900. The number of methoxy groups -OCH3 is 1. The molecule has 1 heterocycles. The first-order chi connectivity index (χ1) is 12.2. The van der Waals surface area contributed by atoms with E-state index in [9.17, 15) is 0 Å². The topological polar surface area (TPSA) is 76.4 Å². The Balaban J connectivity index is 0.00000338. The molecule has 1 saturated carbocycles. The average molecular weight is 478 g/mol. The molecule has 0 radical (unpaired) electrons. The minimum absolute atomic E-state index is 0. The molecule has 26 heavy (non-hydrogen) atoms. The van der Waals surface area contributed by atoms with Crippen LogP contribution in [-0.4, -0.2) is 47.5 Å². The van der Waals surface area contributed by atoms with Gasteiger partial charge in [0.15, 0.2) is 11.8 Å². The van der Waals surface area contributed by atoms with Gasteiger partial charge in [-0.25, -0.2) is 4.99 Å². The number of aromatic nitrogens is 3. The molecule has 1 aliphatic rings. The van der Waals surface area contributed by atoms with Crippen molar-refractivity contribution in [3.8, 4) is 0 Å². The summed E-state index contributed by atoms with van der Waals surface area (Å²) in [6.45, 7) is 5.04. The van der Waals surface area contributed by atoms with Crippen molar-refractivity contribution in [1.82, 2.24) is 25.4 Å². The van der Waals surface area contributed by atoms with Gasteiger partial charge < -0.3 is 19.9 Å². The van der Waals surface area contributed by atoms with E-state index < -0.39 is 0 Å². The van der Waals surface area contributed by atoms with Crippen molar-refractivity contribution in [2.75, 3.05) is 26.8 Å². The van der Waals surface area contributed by atoms with Gasteiger partial charge in [-0.2, -0.15) is 0 Å². The Morgan fingerprint density at radius 3 is 2.50 bits per heavy atom. The fraction of sp³-hybridized carbons (Fsp3) is 0.833. The van der Waals surface area contributed by atoms with E-state index in [-0.39, 0.29) is 24.0 Å². The molecule has 0 amide bonds. The highest BCUT2D eigenvalue weighted by Gasteiger charge is 2.14. The predicted octanol–water partition coefficient (Wildman–Crippen LogP) is 2.78. The van der Waals surface area contributed by atoms with Crippen molar-refractivity contribution in [3.05, 3.63) is 11.6 Å². The Morgan fingerprint density at radius 1 is 1.19 bits per heavy atom. The molecule has 0 bridgehead atoms. The maximum Gasteiger partial charge on any atom is 0.191 e. The largest absolute Gasteiger partial charge is 0.385 e. The molecule has 0 unspecified atom stereocenters. The number of rotatable bonds is 10. The number of halogens is 1. The molecule has 1 aromatic rings. The summed E-state index contributed by atoms with van der Waals surface area (Å²) in [5.74, 6) is 3.58. The van der Waals surface area contributed by atoms with Crippen LogP contribution < -0.4 is 10.6 Å². The summed E-state index contributed by atoms with van der Waals surface area (Å²) in [7, 11) is 3.70. The maximum atomic E-state index is 5.11. The van der Waals surface area contributed by atoms with Crippen LogP contribution in [0.1, 0.15) is 56.6 Å². The summed E-state index contributed by atoms with van der Waals surface area (Å²) in [5, 5.41) is 15.1. The fourth-order valence-corrected chi connectivity index (χ4v) is 3.23. The summed E-state index contributed by atoms with van der Waals surface area (Å²) >= 11 is 0. The molecule has 150 valence electrons. The summed E-state index contributed by atoms with van der Waals surface area (Å²) < 4.78 is 7.08. The molecular formula is C18H35IN6O. The smallest absolute Gasteiger partial charge is 0.191 e. The Kier molecular flexibility index (Phi) is 11.8. The number of ether oxygens (including phenoxy) is 1. The van der Waals surface area contributed by atoms with E-state index in [1.54, 1.807) is 7.11 Å². The highest BCUT2D eigenvalue weighted by molar-refractivity contribution is 14.0. The van der Waals surface area contributed by atoms with Crippen LogP contribution in [0, 0.1) is 12.8 Å². The third-order valence-electron chi connectivity index (χ3n) is 4.94. The van der Waals surface area contributed by atoms with Crippen LogP contribution in [0.3, 0.4) is 0 Å². The molecule has 8 heteroatoms. The van der Waals surface area contributed by atoms with E-state index in [4.69, 9.17) is 4.74 Å². The van der Waals surface area contributed by atoms with Crippen LogP contribution in [0.25, 0.3) is 0 Å². The van der Waals surface area contributed by atoms with Crippen LogP contribution in [0.5, 0.6) is 0 Å². The molecule has 1 aromatic heterocycles. The van der Waals surface area contributed by atoms with Gasteiger partial charge in [-0.15, -0.1) is 34.2 Å². The standard InChI is InChI=1S/C18H34N6O.HI/c1-15-22-23-17(24(15)2)14-21-18(20-12-7-13-25-3)19-11-6-10-16-8-4-5-9-16;/h16H,4-14H2,1-3H3,(H2,19,20,21);1H. The quantitative estimate of drug-likeness (QED) is 0.234. The van der Waals surface area contributed by atoms with E-state index in [0.29, 0.717) is 6.54 Å². The molecule has 7 nitrogen and oxygen atoms in total. The van der Waals surface area contributed by atoms with Gasteiger partial charge in [0.05, 0.1) is 0 Å². The summed E-state index contributed by atoms with van der Waals surface area (Å²) in [4.78, 5) is 4.67. The first kappa shape index (κ1) is 23.1. The normalized spacial score (nSPS) is 15.1. The zero-order valence-corrected chi connectivity index (χ0v) is 18.8. The third kappa shape index (κ3) is 8.20. The van der Waals surface area contributed by atoms with Crippen molar-refractivity contribution in [2.45, 2.75) is 58.4 Å². The predicted molar refractivity (Wildman–Crippen MR) is 116 cm³/mol. The number of aliphatic imine (C=N–C) groups is 1. The maximum absolute atomic E-state index is 5.11. The van der Waals surface area contributed by atoms with Gasteiger partial charge in [0.2, 0.25) is 0 Å². The summed E-state index contributed by atoms with van der Waals surface area (Å²) in [6, 6.07) is 0. The number of guanidine groups is 1. The third-order valence-corrected chi connectivity index (χ3v) is 4.94. The van der Waals surface area contributed by atoms with E-state index in [2.05, 4.69) is 25.8 Å². The van der Waals surface area contributed by atoms with Gasteiger partial charge >= 0.3 is 0 Å². The molecule has 1 aliphatic carbocycles. The number of aryl methyl sites for hydroxylation is 1. The SMILES string of the molecule is COCCCNC(=NCc1nnc(C)n1C)NCCCC1CCCC1.I. The lowest BCUT2D eigenvalue weighted by Crippen LogP contribution is -2.38. The van der Waals surface area contributed by atoms with Crippen molar-refractivity contribution >= 4 is 29.9 Å². The monoisotopic (exact) mass is 478 g/mol. The second kappa shape index (κ2) is 13.3. The highest BCUT2D eigenvalue weighted by Crippen LogP contribution is 2.28. The molecule has 2 N–H and O–H groups in total. The zero-order chi connectivity index (χ0) is 17.9. The van der Waals surface area contributed by atoms with Crippen LogP contribution in [0.2, 0.25) is 0 Å². The molecule has 0 atom stereocenters. The van der Waals surface area contributed by atoms with E-state index in [1.165, 1.54) is 38.5 Å². The number of hydrogen-bond donors (Lipinski definition) is 2. The van der Waals surface area contributed by atoms with Crippen molar-refractivity contribution in [1.29, 1.82) is 0 Å². The lowest BCUT2D eigenvalue weighted by Gasteiger charge is -2.14. The summed E-state index contributed by atoms with van der Waals surface area (Å²) in [6.07, 6.45) is 9.16. The molecule has 0 saturated heterocycles. The van der Waals surface area contributed by atoms with E-state index >= 15 is 0 Å². The van der Waals surface area contributed by atoms with Gasteiger partial charge in [-0.3, -0.25) is 0 Å². The van der Waals surface area contributed by atoms with Gasteiger partial charge in [0.1, 0.15) is 12.4 Å². The summed E-state index contributed by atoms with van der Waals surface area (Å²) in [5.41, 5.74) is 0. The van der Waals surface area contributed by atoms with Crippen molar-refractivity contribution < 1.29 is 4.74 Å². The number of nitrogens with zero attached hydrogens (tertiary/aromatic N) is 4. The van der Waals surface area contributed by atoms with Gasteiger partial charge in [0, 0.05) is 33.9 Å². The zero-order valence-electron chi connectivity index (χ0n) is 16.5. The molecule has 0 aromatic carbocycles. The van der Waals surface area contributed by atoms with E-state index in [1.807, 2.05) is 18.5 Å².